The lowest BCUT2D eigenvalue weighted by Gasteiger charge is -2.33. The normalized spacial score (nSPS) is 13.4. The van der Waals surface area contributed by atoms with E-state index in [-0.39, 0.29) is 17.4 Å². The van der Waals surface area contributed by atoms with E-state index in [1.54, 1.807) is 6.08 Å². The SMILES string of the molecule is C=CCNC(=O)NCC(C)(C)C(O)C(C)C. The standard InChI is InChI=1S/C12H24N2O2/c1-6-7-13-11(16)14-8-12(4,5)10(15)9(2)3/h6,9-10,15H,1,7-8H2,2-5H3,(H2,13,14,16). The second-order valence-corrected chi connectivity index (χ2v) is 5.03. The Morgan fingerprint density at radius 1 is 1.44 bits per heavy atom. The van der Waals surface area contributed by atoms with Gasteiger partial charge >= 0.3 is 6.03 Å². The number of aliphatic hydroxyl groups is 1. The average Bonchev–Trinajstić information content (AvgIpc) is 2.22. The van der Waals surface area contributed by atoms with Gasteiger partial charge < -0.3 is 15.7 Å². The molecule has 0 aliphatic carbocycles. The summed E-state index contributed by atoms with van der Waals surface area (Å²) in [5, 5.41) is 15.3. The molecule has 0 aromatic rings. The van der Waals surface area contributed by atoms with Crippen molar-refractivity contribution in [3.8, 4) is 0 Å². The van der Waals surface area contributed by atoms with Crippen molar-refractivity contribution >= 4 is 6.03 Å². The molecule has 0 aliphatic rings. The molecule has 0 aliphatic heterocycles. The maximum atomic E-state index is 11.3. The van der Waals surface area contributed by atoms with E-state index < -0.39 is 6.10 Å². The maximum absolute atomic E-state index is 11.3. The number of urea groups is 1. The van der Waals surface area contributed by atoms with Crippen molar-refractivity contribution in [3.05, 3.63) is 12.7 Å². The molecule has 0 rings (SSSR count). The molecule has 1 unspecified atom stereocenters. The van der Waals surface area contributed by atoms with Crippen LogP contribution in [0.3, 0.4) is 0 Å². The monoisotopic (exact) mass is 228 g/mol. The predicted molar refractivity (Wildman–Crippen MR) is 66.2 cm³/mol. The molecule has 0 saturated heterocycles. The minimum Gasteiger partial charge on any atom is -0.392 e. The highest BCUT2D eigenvalue weighted by Gasteiger charge is 2.30. The van der Waals surface area contributed by atoms with E-state index in [1.807, 2.05) is 27.7 Å². The van der Waals surface area contributed by atoms with E-state index in [1.165, 1.54) is 0 Å². The Hall–Kier alpha value is -1.03. The van der Waals surface area contributed by atoms with Crippen LogP contribution in [0, 0.1) is 11.3 Å². The number of carbonyl (C=O) groups excluding carboxylic acids is 1. The van der Waals surface area contributed by atoms with Crippen LogP contribution in [0.5, 0.6) is 0 Å². The fraction of sp³-hybridized carbons (Fsp3) is 0.750. The third-order valence-electron chi connectivity index (χ3n) is 2.54. The van der Waals surface area contributed by atoms with Gasteiger partial charge in [-0.15, -0.1) is 6.58 Å². The highest BCUT2D eigenvalue weighted by molar-refractivity contribution is 5.73. The molecule has 0 saturated carbocycles. The first kappa shape index (κ1) is 15.0. The van der Waals surface area contributed by atoms with Gasteiger partial charge in [-0.2, -0.15) is 0 Å². The topological polar surface area (TPSA) is 61.4 Å². The number of amides is 2. The van der Waals surface area contributed by atoms with Crippen molar-refractivity contribution < 1.29 is 9.90 Å². The molecule has 16 heavy (non-hydrogen) atoms. The van der Waals surface area contributed by atoms with Crippen molar-refractivity contribution in [3.63, 3.8) is 0 Å². The number of aliphatic hydroxyl groups excluding tert-OH is 1. The first-order chi connectivity index (χ1) is 7.31. The summed E-state index contributed by atoms with van der Waals surface area (Å²) in [5.41, 5.74) is -0.334. The van der Waals surface area contributed by atoms with Gasteiger partial charge in [0.15, 0.2) is 0 Å². The van der Waals surface area contributed by atoms with E-state index in [2.05, 4.69) is 17.2 Å². The molecule has 94 valence electrons. The molecule has 2 amide bonds. The lowest BCUT2D eigenvalue weighted by molar-refractivity contribution is 0.0152. The maximum Gasteiger partial charge on any atom is 0.315 e. The first-order valence-electron chi connectivity index (χ1n) is 5.62. The van der Waals surface area contributed by atoms with Crippen molar-refractivity contribution in [1.82, 2.24) is 10.6 Å². The van der Waals surface area contributed by atoms with Gasteiger partial charge in [0.2, 0.25) is 0 Å². The summed E-state index contributed by atoms with van der Waals surface area (Å²) >= 11 is 0. The van der Waals surface area contributed by atoms with Crippen molar-refractivity contribution in [2.24, 2.45) is 11.3 Å². The van der Waals surface area contributed by atoms with Crippen LogP contribution >= 0.6 is 0 Å². The Bertz CT molecular complexity index is 237. The van der Waals surface area contributed by atoms with Gasteiger partial charge in [-0.1, -0.05) is 33.8 Å². The van der Waals surface area contributed by atoms with Crippen LogP contribution in [0.2, 0.25) is 0 Å². The molecular weight excluding hydrogens is 204 g/mol. The minimum atomic E-state index is -0.438. The highest BCUT2D eigenvalue weighted by atomic mass is 16.3. The Morgan fingerprint density at radius 2 is 2.00 bits per heavy atom. The predicted octanol–water partition coefficient (Wildman–Crippen LogP) is 1.51. The van der Waals surface area contributed by atoms with Gasteiger partial charge in [0, 0.05) is 18.5 Å². The van der Waals surface area contributed by atoms with Crippen LogP contribution in [0.15, 0.2) is 12.7 Å². The first-order valence-corrected chi connectivity index (χ1v) is 5.62. The van der Waals surface area contributed by atoms with Crippen LogP contribution in [0.4, 0.5) is 4.79 Å². The van der Waals surface area contributed by atoms with Crippen LogP contribution in [-0.4, -0.2) is 30.3 Å². The van der Waals surface area contributed by atoms with Crippen LogP contribution in [0.25, 0.3) is 0 Å². The number of nitrogens with one attached hydrogen (secondary N) is 2. The quantitative estimate of drug-likeness (QED) is 0.604. The second kappa shape index (κ2) is 6.53. The van der Waals surface area contributed by atoms with Crippen LogP contribution < -0.4 is 10.6 Å². The van der Waals surface area contributed by atoms with E-state index >= 15 is 0 Å². The van der Waals surface area contributed by atoms with Gasteiger partial charge in [0.05, 0.1) is 6.10 Å². The fourth-order valence-electron chi connectivity index (χ4n) is 1.54. The van der Waals surface area contributed by atoms with Crippen LogP contribution in [0.1, 0.15) is 27.7 Å². The van der Waals surface area contributed by atoms with E-state index in [0.29, 0.717) is 13.1 Å². The zero-order valence-corrected chi connectivity index (χ0v) is 10.7. The lowest BCUT2D eigenvalue weighted by atomic mass is 9.81. The molecule has 0 heterocycles. The van der Waals surface area contributed by atoms with Crippen molar-refractivity contribution in [2.45, 2.75) is 33.8 Å². The summed E-state index contributed by atoms with van der Waals surface area (Å²) in [6, 6.07) is -0.232. The summed E-state index contributed by atoms with van der Waals surface area (Å²) in [7, 11) is 0. The number of hydrogen-bond donors (Lipinski definition) is 3. The fourth-order valence-corrected chi connectivity index (χ4v) is 1.54. The Labute approximate surface area is 98.1 Å². The van der Waals surface area contributed by atoms with E-state index in [4.69, 9.17) is 0 Å². The number of carbonyl (C=O) groups is 1. The number of rotatable bonds is 6. The second-order valence-electron chi connectivity index (χ2n) is 5.03. The molecule has 0 aromatic heterocycles. The zero-order valence-electron chi connectivity index (χ0n) is 10.7. The smallest absolute Gasteiger partial charge is 0.315 e. The summed E-state index contributed by atoms with van der Waals surface area (Å²) in [6.45, 7) is 12.2. The third-order valence-corrected chi connectivity index (χ3v) is 2.54. The molecular formula is C12H24N2O2. The largest absolute Gasteiger partial charge is 0.392 e. The van der Waals surface area contributed by atoms with Gasteiger partial charge in [-0.25, -0.2) is 4.79 Å². The molecule has 4 nitrogen and oxygen atoms in total. The van der Waals surface area contributed by atoms with Crippen LogP contribution in [-0.2, 0) is 0 Å². The Balaban J connectivity index is 4.07. The summed E-state index contributed by atoms with van der Waals surface area (Å²) in [5.74, 6) is 0.174. The van der Waals surface area contributed by atoms with Gasteiger partial charge in [0.25, 0.3) is 0 Å². The van der Waals surface area contributed by atoms with Gasteiger partial charge in [-0.05, 0) is 5.92 Å². The summed E-state index contributed by atoms with van der Waals surface area (Å²) in [4.78, 5) is 11.3. The molecule has 0 bridgehead atoms. The molecule has 3 N–H and O–H groups in total. The molecule has 0 aromatic carbocycles. The molecule has 0 radical (unpaired) electrons. The van der Waals surface area contributed by atoms with E-state index in [0.717, 1.165) is 0 Å². The lowest BCUT2D eigenvalue weighted by Crippen LogP contribution is -2.46. The van der Waals surface area contributed by atoms with E-state index in [9.17, 15) is 9.90 Å². The zero-order chi connectivity index (χ0) is 12.8. The third kappa shape index (κ3) is 5.16. The summed E-state index contributed by atoms with van der Waals surface area (Å²) < 4.78 is 0. The van der Waals surface area contributed by atoms with Crippen molar-refractivity contribution in [2.75, 3.05) is 13.1 Å². The highest BCUT2D eigenvalue weighted by Crippen LogP contribution is 2.24. The van der Waals surface area contributed by atoms with Gasteiger partial charge in [-0.3, -0.25) is 0 Å². The van der Waals surface area contributed by atoms with Crippen molar-refractivity contribution in [1.29, 1.82) is 0 Å². The minimum absolute atomic E-state index is 0.174. The molecule has 1 atom stereocenters. The molecule has 4 heteroatoms. The summed E-state index contributed by atoms with van der Waals surface area (Å²) in [6.07, 6.45) is 1.18. The van der Waals surface area contributed by atoms with Gasteiger partial charge in [0.1, 0.15) is 0 Å². The average molecular weight is 228 g/mol. The Kier molecular flexibility index (Phi) is 6.11. The molecule has 0 fully saturated rings. The Morgan fingerprint density at radius 3 is 2.44 bits per heavy atom. The number of hydrogen-bond acceptors (Lipinski definition) is 2. The molecule has 0 spiro atoms.